The first-order chi connectivity index (χ1) is 21.4. The predicted molar refractivity (Wildman–Crippen MR) is 165 cm³/mol. The summed E-state index contributed by atoms with van der Waals surface area (Å²) in [4.78, 5) is 27.3. The van der Waals surface area contributed by atoms with Crippen molar-refractivity contribution in [3.8, 4) is 17.1 Å². The fourth-order valence-electron chi connectivity index (χ4n) is 4.76. The molecule has 3 N–H and O–H groups in total. The van der Waals surface area contributed by atoms with Gasteiger partial charge in [-0.05, 0) is 48.2 Å². The van der Waals surface area contributed by atoms with E-state index in [1.54, 1.807) is 48.5 Å². The number of para-hydroxylation sites is 1. The van der Waals surface area contributed by atoms with Crippen LogP contribution in [0.4, 0.5) is 4.79 Å². The van der Waals surface area contributed by atoms with Crippen molar-refractivity contribution in [2.75, 3.05) is 13.1 Å². The molecule has 2 atom stereocenters. The molecule has 4 rings (SSSR count). The van der Waals surface area contributed by atoms with E-state index < -0.39 is 34.2 Å². The van der Waals surface area contributed by atoms with Crippen molar-refractivity contribution >= 4 is 22.1 Å². The lowest BCUT2D eigenvalue weighted by Gasteiger charge is -2.30. The van der Waals surface area contributed by atoms with Gasteiger partial charge in [-0.15, -0.1) is 0 Å². The molecule has 1 amide bonds. The van der Waals surface area contributed by atoms with E-state index in [0.717, 1.165) is 5.56 Å². The molecule has 13 heteroatoms. The summed E-state index contributed by atoms with van der Waals surface area (Å²) in [6.45, 7) is 4.81. The maximum absolute atomic E-state index is 13.8. The Kier molecular flexibility index (Phi) is 11.0. The second-order valence-electron chi connectivity index (χ2n) is 10.9. The highest BCUT2D eigenvalue weighted by atomic mass is 32.2. The Labute approximate surface area is 261 Å². The Hall–Kier alpha value is -4.59. The van der Waals surface area contributed by atoms with Crippen LogP contribution in [-0.4, -0.2) is 70.4 Å². The number of carboxylic acid groups (broad SMARTS) is 1. The van der Waals surface area contributed by atoms with E-state index in [9.17, 15) is 28.2 Å². The van der Waals surface area contributed by atoms with Crippen LogP contribution in [0.3, 0.4) is 0 Å². The van der Waals surface area contributed by atoms with Gasteiger partial charge in [-0.25, -0.2) is 13.2 Å². The molecule has 0 aliphatic heterocycles. The first-order valence-corrected chi connectivity index (χ1v) is 15.8. The number of sulfonamides is 1. The molecule has 1 heterocycles. The van der Waals surface area contributed by atoms with Gasteiger partial charge in [-0.3, -0.25) is 4.79 Å². The molecule has 12 nitrogen and oxygen atoms in total. The summed E-state index contributed by atoms with van der Waals surface area (Å²) < 4.78 is 39.3. The number of aliphatic hydroxyl groups is 1. The van der Waals surface area contributed by atoms with Crippen molar-refractivity contribution in [1.82, 2.24) is 19.8 Å². The van der Waals surface area contributed by atoms with E-state index in [2.05, 4.69) is 15.5 Å². The largest absolute Gasteiger partial charge is 0.465 e. The number of rotatable bonds is 14. The van der Waals surface area contributed by atoms with Crippen LogP contribution in [0, 0.1) is 5.92 Å². The monoisotopic (exact) mass is 636 g/mol. The molecule has 0 unspecified atom stereocenters. The molecule has 0 bridgehead atoms. The quantitative estimate of drug-likeness (QED) is 0.135. The standard InChI is InChI=1S/C32H36N4O8S/c1-21(2)19-36(20-28(38)27(33-32(39)40)17-23-9-5-4-6-10-23)45(41,42)26-15-13-24(14-16-26)31-34-30(44-35-31)18-25-11-7-8-12-29(25)43-22(3)37/h4-16,21,27-28,33,38H,17-20H2,1-3H3,(H,39,40)/t27-,28+/m0/s1. The third-order valence-electron chi connectivity index (χ3n) is 6.82. The highest BCUT2D eigenvalue weighted by Gasteiger charge is 2.31. The van der Waals surface area contributed by atoms with Gasteiger partial charge in [0.05, 0.1) is 23.5 Å². The Morgan fingerprint density at radius 1 is 0.978 bits per heavy atom. The number of carbonyl (C=O) groups is 2. The number of nitrogens with zero attached hydrogens (tertiary/aromatic N) is 3. The number of benzene rings is 3. The fourth-order valence-corrected chi connectivity index (χ4v) is 6.38. The van der Waals surface area contributed by atoms with Gasteiger partial charge in [0.25, 0.3) is 0 Å². The molecule has 0 aliphatic rings. The van der Waals surface area contributed by atoms with Gasteiger partial charge in [0, 0.05) is 31.1 Å². The van der Waals surface area contributed by atoms with E-state index >= 15 is 0 Å². The SMILES string of the molecule is CC(=O)Oc1ccccc1Cc1nc(-c2ccc(S(=O)(=O)N(CC(C)C)C[C@@H](O)[C@H](Cc3ccccc3)NC(=O)O)cc2)no1. The Morgan fingerprint density at radius 3 is 2.29 bits per heavy atom. The van der Waals surface area contributed by atoms with E-state index in [1.165, 1.54) is 23.4 Å². The van der Waals surface area contributed by atoms with E-state index in [4.69, 9.17) is 9.26 Å². The number of aromatic nitrogens is 2. The number of aliphatic hydroxyl groups excluding tert-OH is 1. The average molecular weight is 637 g/mol. The van der Waals surface area contributed by atoms with Crippen LogP contribution < -0.4 is 10.1 Å². The Morgan fingerprint density at radius 2 is 1.64 bits per heavy atom. The van der Waals surface area contributed by atoms with Crippen molar-refractivity contribution in [3.63, 3.8) is 0 Å². The van der Waals surface area contributed by atoms with E-state index in [-0.39, 0.29) is 48.5 Å². The van der Waals surface area contributed by atoms with Crippen LogP contribution in [0.2, 0.25) is 0 Å². The van der Waals surface area contributed by atoms with Crippen LogP contribution in [-0.2, 0) is 27.7 Å². The zero-order valence-corrected chi connectivity index (χ0v) is 26.0. The topological polar surface area (TPSA) is 172 Å². The number of hydrogen-bond acceptors (Lipinski definition) is 9. The van der Waals surface area contributed by atoms with E-state index in [0.29, 0.717) is 16.9 Å². The lowest BCUT2D eigenvalue weighted by molar-refractivity contribution is -0.131. The van der Waals surface area contributed by atoms with Gasteiger partial charge in [0.1, 0.15) is 5.75 Å². The van der Waals surface area contributed by atoms with Crippen LogP contribution in [0.5, 0.6) is 5.75 Å². The molecule has 3 aromatic carbocycles. The summed E-state index contributed by atoms with van der Waals surface area (Å²) in [5.41, 5.74) is 1.99. The molecule has 0 aliphatic carbocycles. The third-order valence-corrected chi connectivity index (χ3v) is 8.66. The van der Waals surface area contributed by atoms with Crippen molar-refractivity contribution in [1.29, 1.82) is 0 Å². The van der Waals surface area contributed by atoms with Gasteiger partial charge in [-0.2, -0.15) is 9.29 Å². The van der Waals surface area contributed by atoms with Crippen LogP contribution >= 0.6 is 0 Å². The van der Waals surface area contributed by atoms with Crippen molar-refractivity contribution in [2.24, 2.45) is 5.92 Å². The molecule has 0 saturated heterocycles. The molecule has 1 aromatic heterocycles. The zero-order chi connectivity index (χ0) is 32.6. The number of carbonyl (C=O) groups excluding carboxylic acids is 1. The molecule has 0 saturated carbocycles. The second kappa shape index (κ2) is 14.9. The summed E-state index contributed by atoms with van der Waals surface area (Å²) in [5.74, 6) is 0.389. The molecule has 238 valence electrons. The fraction of sp³-hybridized carbons (Fsp3) is 0.312. The van der Waals surface area contributed by atoms with Gasteiger partial charge >= 0.3 is 12.1 Å². The van der Waals surface area contributed by atoms with Crippen molar-refractivity contribution in [2.45, 2.75) is 50.7 Å². The molecular formula is C32H36N4O8S. The van der Waals surface area contributed by atoms with Gasteiger partial charge in [0.2, 0.25) is 21.7 Å². The van der Waals surface area contributed by atoms with Crippen LogP contribution in [0.15, 0.2) is 88.3 Å². The number of nitrogens with one attached hydrogen (secondary N) is 1. The van der Waals surface area contributed by atoms with Gasteiger partial charge in [0.15, 0.2) is 0 Å². The smallest absolute Gasteiger partial charge is 0.404 e. The lowest BCUT2D eigenvalue weighted by Crippen LogP contribution is -2.50. The maximum atomic E-state index is 13.8. The molecule has 0 radical (unpaired) electrons. The molecule has 45 heavy (non-hydrogen) atoms. The first-order valence-electron chi connectivity index (χ1n) is 14.3. The van der Waals surface area contributed by atoms with Crippen molar-refractivity contribution in [3.05, 3.63) is 95.9 Å². The number of hydrogen-bond donors (Lipinski definition) is 3. The number of amides is 1. The number of ether oxygens (including phenoxy) is 1. The zero-order valence-electron chi connectivity index (χ0n) is 25.2. The third kappa shape index (κ3) is 9.20. The minimum absolute atomic E-state index is 0.0102. The van der Waals surface area contributed by atoms with Crippen LogP contribution in [0.1, 0.15) is 37.8 Å². The molecule has 4 aromatic rings. The Bertz CT molecular complexity index is 1690. The molecular weight excluding hydrogens is 600 g/mol. The number of esters is 1. The minimum Gasteiger partial charge on any atom is -0.465 e. The summed E-state index contributed by atoms with van der Waals surface area (Å²) in [7, 11) is -4.08. The van der Waals surface area contributed by atoms with Gasteiger partial charge in [-0.1, -0.05) is 67.5 Å². The average Bonchev–Trinajstić information content (AvgIpc) is 3.46. The lowest BCUT2D eigenvalue weighted by atomic mass is 10.0. The van der Waals surface area contributed by atoms with Crippen LogP contribution in [0.25, 0.3) is 11.4 Å². The minimum atomic E-state index is -4.08. The maximum Gasteiger partial charge on any atom is 0.404 e. The summed E-state index contributed by atoms with van der Waals surface area (Å²) >= 11 is 0. The van der Waals surface area contributed by atoms with Gasteiger partial charge < -0.3 is 24.8 Å². The second-order valence-corrected chi connectivity index (χ2v) is 12.9. The highest BCUT2D eigenvalue weighted by molar-refractivity contribution is 7.89. The first kappa shape index (κ1) is 33.3. The summed E-state index contributed by atoms with van der Waals surface area (Å²) in [6, 6.07) is 21.1. The highest BCUT2D eigenvalue weighted by Crippen LogP contribution is 2.25. The summed E-state index contributed by atoms with van der Waals surface area (Å²) in [6.07, 6.45) is -2.24. The molecule has 0 fully saturated rings. The molecule has 0 spiro atoms. The Balaban J connectivity index is 1.51. The predicted octanol–water partition coefficient (Wildman–Crippen LogP) is 4.14. The normalized spacial score (nSPS) is 13.0. The van der Waals surface area contributed by atoms with E-state index in [1.807, 2.05) is 32.0 Å². The summed E-state index contributed by atoms with van der Waals surface area (Å²) in [5, 5.41) is 26.8. The van der Waals surface area contributed by atoms with Crippen molar-refractivity contribution < 1.29 is 37.5 Å².